The average molecular weight is 418 g/mol. The molecule has 4 rings (SSSR count). The molecule has 3 aromatic rings. The molecule has 0 aliphatic carbocycles. The van der Waals surface area contributed by atoms with Crippen LogP contribution in [0.1, 0.15) is 22.5 Å². The van der Waals surface area contributed by atoms with Crippen LogP contribution in [0.25, 0.3) is 22.8 Å². The van der Waals surface area contributed by atoms with Gasteiger partial charge >= 0.3 is 0 Å². The minimum absolute atomic E-state index is 0.127. The molecule has 3 heterocycles. The highest BCUT2D eigenvalue weighted by molar-refractivity contribution is 5.92. The molecule has 0 bridgehead atoms. The van der Waals surface area contributed by atoms with Crippen LogP contribution in [-0.4, -0.2) is 61.3 Å². The number of aryl methyl sites for hydroxylation is 1. The molecule has 1 atom stereocenters. The smallest absolute Gasteiger partial charge is 0.267 e. The number of aromatic nitrogens is 4. The van der Waals surface area contributed by atoms with Gasteiger partial charge in [0.05, 0.1) is 5.69 Å². The Labute approximate surface area is 179 Å². The van der Waals surface area contributed by atoms with Crippen molar-refractivity contribution in [3.05, 3.63) is 53.9 Å². The molecule has 9 nitrogen and oxygen atoms in total. The van der Waals surface area contributed by atoms with E-state index in [1.54, 1.807) is 43.2 Å². The van der Waals surface area contributed by atoms with Gasteiger partial charge in [-0.25, -0.2) is 9.97 Å². The maximum absolute atomic E-state index is 11.6. The number of carbonyl (C=O) groups excluding carboxylic acids is 2. The van der Waals surface area contributed by atoms with Gasteiger partial charge < -0.3 is 15.7 Å². The Balaban J connectivity index is 0.000000287. The van der Waals surface area contributed by atoms with E-state index in [9.17, 15) is 9.59 Å². The number of rotatable bonds is 3. The third-order valence-electron chi connectivity index (χ3n) is 4.64. The number of carbonyl (C=O) groups is 2. The third-order valence-corrected chi connectivity index (χ3v) is 4.64. The Hall–Kier alpha value is -4.03. The van der Waals surface area contributed by atoms with E-state index >= 15 is 0 Å². The number of primary amides is 1. The Morgan fingerprint density at radius 1 is 1.23 bits per heavy atom. The highest BCUT2D eigenvalue weighted by atomic mass is 16.3. The molecule has 31 heavy (non-hydrogen) atoms. The maximum Gasteiger partial charge on any atom is 0.267 e. The second kappa shape index (κ2) is 9.19. The molecule has 158 valence electrons. The second-order valence-electron chi connectivity index (χ2n) is 6.99. The molecule has 0 spiro atoms. The summed E-state index contributed by atoms with van der Waals surface area (Å²) in [5.74, 6) is 2.16. The zero-order valence-corrected chi connectivity index (χ0v) is 17.2. The van der Waals surface area contributed by atoms with Gasteiger partial charge in [0, 0.05) is 38.0 Å². The van der Waals surface area contributed by atoms with Gasteiger partial charge in [0.1, 0.15) is 17.5 Å². The molecule has 1 saturated heterocycles. The number of hydrogen-bond acceptors (Lipinski definition) is 6. The minimum Gasteiger partial charge on any atom is -0.383 e. The van der Waals surface area contributed by atoms with Crippen molar-refractivity contribution in [2.45, 2.75) is 12.5 Å². The normalized spacial score (nSPS) is 15.2. The number of likely N-dealkylation sites (N-methyl/N-ethyl adjacent to an activating group) is 1. The van der Waals surface area contributed by atoms with E-state index in [0.717, 1.165) is 0 Å². The number of aliphatic hydroxyl groups excluding tert-OH is 1. The van der Waals surface area contributed by atoms with E-state index in [0.29, 0.717) is 41.3 Å². The van der Waals surface area contributed by atoms with Crippen LogP contribution in [0.3, 0.4) is 0 Å². The molecule has 0 saturated carbocycles. The van der Waals surface area contributed by atoms with E-state index in [2.05, 4.69) is 21.0 Å². The standard InChI is InChI=1S/C17H13N5O.C5H9NO2/c1-3-11-5-4-6-12(9-11)17-19-14(10-15(20-17)16(18)23)13-7-8-22(2)21-13;1-6-3-2-4(7)5(6)8/h1,4-10H,2H3,(H2,18,23);4,7H,2-3H2,1H3. The largest absolute Gasteiger partial charge is 0.383 e. The van der Waals surface area contributed by atoms with Crippen molar-refractivity contribution in [3.63, 3.8) is 0 Å². The van der Waals surface area contributed by atoms with Gasteiger partial charge in [-0.2, -0.15) is 5.10 Å². The van der Waals surface area contributed by atoms with Crippen LogP contribution in [0, 0.1) is 12.3 Å². The second-order valence-corrected chi connectivity index (χ2v) is 6.99. The predicted molar refractivity (Wildman–Crippen MR) is 114 cm³/mol. The lowest BCUT2D eigenvalue weighted by molar-refractivity contribution is -0.133. The lowest BCUT2D eigenvalue weighted by atomic mass is 10.1. The average Bonchev–Trinajstić information content (AvgIpc) is 3.34. The van der Waals surface area contributed by atoms with Crippen LogP contribution in [0.15, 0.2) is 42.6 Å². The number of nitrogens with zero attached hydrogens (tertiary/aromatic N) is 5. The van der Waals surface area contributed by atoms with E-state index < -0.39 is 12.0 Å². The summed E-state index contributed by atoms with van der Waals surface area (Å²) < 4.78 is 1.65. The highest BCUT2D eigenvalue weighted by Gasteiger charge is 2.26. The molecule has 1 aliphatic rings. The molecule has 1 aliphatic heterocycles. The summed E-state index contributed by atoms with van der Waals surface area (Å²) in [7, 11) is 3.50. The number of aliphatic hydroxyl groups is 1. The fourth-order valence-corrected chi connectivity index (χ4v) is 2.94. The Kier molecular flexibility index (Phi) is 6.43. The fraction of sp³-hybridized carbons (Fsp3) is 0.227. The van der Waals surface area contributed by atoms with Gasteiger partial charge in [-0.1, -0.05) is 18.1 Å². The van der Waals surface area contributed by atoms with E-state index in [1.165, 1.54) is 11.0 Å². The molecule has 1 unspecified atom stereocenters. The molecule has 1 fully saturated rings. The Morgan fingerprint density at radius 3 is 2.52 bits per heavy atom. The monoisotopic (exact) mass is 418 g/mol. The van der Waals surface area contributed by atoms with Gasteiger partial charge in [-0.05, 0) is 30.7 Å². The van der Waals surface area contributed by atoms with Crippen LogP contribution in [-0.2, 0) is 11.8 Å². The zero-order chi connectivity index (χ0) is 22.5. The van der Waals surface area contributed by atoms with Crippen LogP contribution < -0.4 is 5.73 Å². The lowest BCUT2D eigenvalue weighted by Gasteiger charge is -2.06. The molecule has 9 heteroatoms. The van der Waals surface area contributed by atoms with E-state index in [1.807, 2.05) is 12.1 Å². The minimum atomic E-state index is -0.722. The molecule has 2 aromatic heterocycles. The van der Waals surface area contributed by atoms with Crippen molar-refractivity contribution >= 4 is 11.8 Å². The molecule has 1 aromatic carbocycles. The fourth-order valence-electron chi connectivity index (χ4n) is 2.94. The van der Waals surface area contributed by atoms with Crippen LogP contribution >= 0.6 is 0 Å². The molecular formula is C22H22N6O3. The van der Waals surface area contributed by atoms with Crippen molar-refractivity contribution in [1.29, 1.82) is 0 Å². The summed E-state index contributed by atoms with van der Waals surface area (Å²) in [6.45, 7) is 0.694. The summed E-state index contributed by atoms with van der Waals surface area (Å²) in [5.41, 5.74) is 8.08. The highest BCUT2D eigenvalue weighted by Crippen LogP contribution is 2.22. The predicted octanol–water partition coefficient (Wildman–Crippen LogP) is 0.834. The summed E-state index contributed by atoms with van der Waals surface area (Å²) in [6, 6.07) is 10.5. The van der Waals surface area contributed by atoms with Crippen molar-refractivity contribution in [3.8, 4) is 35.1 Å². The van der Waals surface area contributed by atoms with Gasteiger partial charge in [-0.15, -0.1) is 6.42 Å². The van der Waals surface area contributed by atoms with E-state index in [4.69, 9.17) is 17.3 Å². The number of hydrogen-bond donors (Lipinski definition) is 2. The van der Waals surface area contributed by atoms with Gasteiger partial charge in [0.25, 0.3) is 11.8 Å². The number of terminal acetylenes is 1. The lowest BCUT2D eigenvalue weighted by Crippen LogP contribution is -2.24. The molecule has 3 N–H and O–H groups in total. The zero-order valence-electron chi connectivity index (χ0n) is 17.2. The van der Waals surface area contributed by atoms with Gasteiger partial charge in [0.15, 0.2) is 5.82 Å². The number of nitrogens with two attached hydrogens (primary N) is 1. The van der Waals surface area contributed by atoms with E-state index in [-0.39, 0.29) is 11.6 Å². The van der Waals surface area contributed by atoms with Crippen molar-refractivity contribution in [1.82, 2.24) is 24.6 Å². The maximum atomic E-state index is 11.6. The summed E-state index contributed by atoms with van der Waals surface area (Å²) >= 11 is 0. The van der Waals surface area contributed by atoms with Crippen molar-refractivity contribution in [2.75, 3.05) is 13.6 Å². The summed E-state index contributed by atoms with van der Waals surface area (Å²) in [6.07, 6.45) is 7.08. The van der Waals surface area contributed by atoms with Crippen molar-refractivity contribution in [2.24, 2.45) is 12.8 Å². The van der Waals surface area contributed by atoms with Crippen molar-refractivity contribution < 1.29 is 14.7 Å². The number of benzene rings is 1. The molecular weight excluding hydrogens is 396 g/mol. The molecule has 0 radical (unpaired) electrons. The van der Waals surface area contributed by atoms with Gasteiger partial charge in [-0.3, -0.25) is 14.3 Å². The number of amides is 2. The quantitative estimate of drug-likeness (QED) is 0.607. The topological polar surface area (TPSA) is 127 Å². The van der Waals surface area contributed by atoms with Crippen LogP contribution in [0.5, 0.6) is 0 Å². The van der Waals surface area contributed by atoms with Crippen LogP contribution in [0.2, 0.25) is 0 Å². The SMILES string of the molecule is C#Cc1cccc(-c2nc(C(N)=O)cc(-c3ccn(C)n3)n2)c1.CN1CCC(O)C1=O. The first kappa shape index (κ1) is 21.7. The first-order valence-electron chi connectivity index (χ1n) is 9.47. The van der Waals surface area contributed by atoms with Crippen LogP contribution in [0.4, 0.5) is 0 Å². The number of likely N-dealkylation sites (tertiary alicyclic amines) is 1. The summed E-state index contributed by atoms with van der Waals surface area (Å²) in [4.78, 5) is 32.4. The Morgan fingerprint density at radius 2 is 2.00 bits per heavy atom. The first-order chi connectivity index (χ1) is 14.8. The third kappa shape index (κ3) is 5.12. The Bertz CT molecular complexity index is 1150. The molecule has 2 amide bonds. The first-order valence-corrected chi connectivity index (χ1v) is 9.47. The van der Waals surface area contributed by atoms with Gasteiger partial charge in [0.2, 0.25) is 0 Å². The summed E-state index contributed by atoms with van der Waals surface area (Å²) in [5, 5.41) is 13.1.